The summed E-state index contributed by atoms with van der Waals surface area (Å²) in [6.45, 7) is 2.48. The number of aryl methyl sites for hydroxylation is 1. The first kappa shape index (κ1) is 10.4. The van der Waals surface area contributed by atoms with Crippen LogP contribution >= 0.6 is 22.9 Å². The molecule has 5 nitrogen and oxygen atoms in total. The number of halogens is 1. The molecule has 7 heteroatoms. The van der Waals surface area contributed by atoms with Crippen molar-refractivity contribution >= 4 is 28.1 Å². The van der Waals surface area contributed by atoms with Gasteiger partial charge in [0, 0.05) is 25.3 Å². The zero-order valence-electron chi connectivity index (χ0n) is 8.03. The molecule has 0 unspecified atom stereocenters. The van der Waals surface area contributed by atoms with Crippen LogP contribution < -0.4 is 5.32 Å². The van der Waals surface area contributed by atoms with Crippen LogP contribution in [0.2, 0.25) is 5.15 Å². The van der Waals surface area contributed by atoms with Crippen LogP contribution in [0.4, 0.5) is 5.13 Å². The molecule has 0 aliphatic carbocycles. The van der Waals surface area contributed by atoms with Crippen LogP contribution in [-0.2, 0) is 6.42 Å². The molecule has 0 fully saturated rings. The fourth-order valence-electron chi connectivity index (χ4n) is 1.06. The highest BCUT2D eigenvalue weighted by Crippen LogP contribution is 2.18. The molecule has 2 rings (SSSR count). The van der Waals surface area contributed by atoms with Gasteiger partial charge in [0.25, 0.3) is 0 Å². The standard InChI is InChI=1S/C8H9ClN4OS/c1-5-11-7(13-14-5)2-3-10-8-12-6(9)4-15-8/h4H,2-3H2,1H3,(H,10,12). The molecule has 15 heavy (non-hydrogen) atoms. The average molecular weight is 245 g/mol. The second-order valence-corrected chi connectivity index (χ2v) is 4.13. The van der Waals surface area contributed by atoms with Crippen LogP contribution in [0, 0.1) is 6.92 Å². The molecule has 2 heterocycles. The molecule has 0 amide bonds. The summed E-state index contributed by atoms with van der Waals surface area (Å²) in [6.07, 6.45) is 0.703. The number of thiazole rings is 1. The highest BCUT2D eigenvalue weighted by atomic mass is 35.5. The van der Waals surface area contributed by atoms with E-state index >= 15 is 0 Å². The number of anilines is 1. The van der Waals surface area contributed by atoms with E-state index in [1.165, 1.54) is 11.3 Å². The summed E-state index contributed by atoms with van der Waals surface area (Å²) in [5.74, 6) is 1.28. The number of aromatic nitrogens is 3. The molecule has 0 atom stereocenters. The first-order valence-corrected chi connectivity index (χ1v) is 5.64. The monoisotopic (exact) mass is 244 g/mol. The molecule has 1 N–H and O–H groups in total. The Morgan fingerprint density at radius 2 is 2.40 bits per heavy atom. The van der Waals surface area contributed by atoms with E-state index in [0.717, 1.165) is 5.13 Å². The SMILES string of the molecule is Cc1nc(CCNc2nc(Cl)cs2)no1. The lowest BCUT2D eigenvalue weighted by molar-refractivity contribution is 0.387. The van der Waals surface area contributed by atoms with Gasteiger partial charge < -0.3 is 9.84 Å². The maximum atomic E-state index is 5.68. The number of hydrogen-bond acceptors (Lipinski definition) is 6. The maximum Gasteiger partial charge on any atom is 0.223 e. The number of rotatable bonds is 4. The van der Waals surface area contributed by atoms with Gasteiger partial charge in [-0.25, -0.2) is 4.98 Å². The van der Waals surface area contributed by atoms with Crippen LogP contribution in [0.5, 0.6) is 0 Å². The minimum atomic E-state index is 0.512. The Morgan fingerprint density at radius 1 is 1.53 bits per heavy atom. The summed E-state index contributed by atoms with van der Waals surface area (Å²) in [5.41, 5.74) is 0. The van der Waals surface area contributed by atoms with Gasteiger partial charge in [0.2, 0.25) is 5.89 Å². The number of nitrogens with one attached hydrogen (secondary N) is 1. The van der Waals surface area contributed by atoms with Crippen molar-refractivity contribution in [2.24, 2.45) is 0 Å². The van der Waals surface area contributed by atoms with E-state index < -0.39 is 0 Å². The summed E-state index contributed by atoms with van der Waals surface area (Å²) in [5, 5.41) is 10.0. The van der Waals surface area contributed by atoms with Gasteiger partial charge in [0.15, 0.2) is 11.0 Å². The fraction of sp³-hybridized carbons (Fsp3) is 0.375. The second kappa shape index (κ2) is 4.59. The smallest absolute Gasteiger partial charge is 0.223 e. The molecule has 0 aromatic carbocycles. The Kier molecular flexibility index (Phi) is 3.17. The van der Waals surface area contributed by atoms with Crippen molar-refractivity contribution in [1.29, 1.82) is 0 Å². The van der Waals surface area contributed by atoms with Gasteiger partial charge in [0.1, 0.15) is 5.15 Å². The summed E-state index contributed by atoms with van der Waals surface area (Å²) in [6, 6.07) is 0. The molecule has 0 aliphatic heterocycles. The van der Waals surface area contributed by atoms with Crippen LogP contribution in [-0.4, -0.2) is 21.7 Å². The number of nitrogens with zero attached hydrogens (tertiary/aromatic N) is 3. The third-order valence-electron chi connectivity index (χ3n) is 1.67. The predicted octanol–water partition coefficient (Wildman–Crippen LogP) is 2.14. The molecular formula is C8H9ClN4OS. The summed E-state index contributed by atoms with van der Waals surface area (Å²) in [7, 11) is 0. The van der Waals surface area contributed by atoms with Crippen LogP contribution in [0.1, 0.15) is 11.7 Å². The average Bonchev–Trinajstić information content (AvgIpc) is 2.76. The molecule has 0 spiro atoms. The van der Waals surface area contributed by atoms with E-state index in [1.54, 1.807) is 12.3 Å². The van der Waals surface area contributed by atoms with Crippen molar-refractivity contribution in [3.63, 3.8) is 0 Å². The van der Waals surface area contributed by atoms with Crippen molar-refractivity contribution < 1.29 is 4.52 Å². The van der Waals surface area contributed by atoms with Crippen LogP contribution in [0.25, 0.3) is 0 Å². The molecule has 0 radical (unpaired) electrons. The zero-order valence-corrected chi connectivity index (χ0v) is 9.60. The minimum absolute atomic E-state index is 0.512. The van der Waals surface area contributed by atoms with E-state index in [-0.39, 0.29) is 0 Å². The summed E-state index contributed by atoms with van der Waals surface area (Å²) < 4.78 is 4.85. The highest BCUT2D eigenvalue weighted by Gasteiger charge is 2.02. The van der Waals surface area contributed by atoms with Crippen molar-refractivity contribution in [2.45, 2.75) is 13.3 Å². The van der Waals surface area contributed by atoms with Gasteiger partial charge in [-0.1, -0.05) is 16.8 Å². The molecular weight excluding hydrogens is 236 g/mol. The Hall–Kier alpha value is -1.14. The van der Waals surface area contributed by atoms with Gasteiger partial charge in [-0.05, 0) is 0 Å². The second-order valence-electron chi connectivity index (χ2n) is 2.88. The van der Waals surface area contributed by atoms with E-state index in [0.29, 0.717) is 29.8 Å². The molecule has 2 aromatic rings. The lowest BCUT2D eigenvalue weighted by Crippen LogP contribution is -2.05. The highest BCUT2D eigenvalue weighted by molar-refractivity contribution is 7.14. The molecule has 0 saturated heterocycles. The Bertz CT molecular complexity index is 401. The van der Waals surface area contributed by atoms with Crippen molar-refractivity contribution in [2.75, 3.05) is 11.9 Å². The third-order valence-corrected chi connectivity index (χ3v) is 2.79. The lowest BCUT2D eigenvalue weighted by atomic mass is 10.4. The first-order chi connectivity index (χ1) is 7.24. The number of hydrogen-bond donors (Lipinski definition) is 1. The van der Waals surface area contributed by atoms with Gasteiger partial charge in [-0.15, -0.1) is 11.3 Å². The third kappa shape index (κ3) is 2.90. The van der Waals surface area contributed by atoms with Gasteiger partial charge >= 0.3 is 0 Å². The van der Waals surface area contributed by atoms with Gasteiger partial charge in [-0.3, -0.25) is 0 Å². The maximum absolute atomic E-state index is 5.68. The van der Waals surface area contributed by atoms with Gasteiger partial charge in [0.05, 0.1) is 0 Å². The topological polar surface area (TPSA) is 63.8 Å². The van der Waals surface area contributed by atoms with E-state index in [4.69, 9.17) is 16.1 Å². The van der Waals surface area contributed by atoms with Crippen LogP contribution in [0.3, 0.4) is 0 Å². The van der Waals surface area contributed by atoms with E-state index in [1.807, 2.05) is 0 Å². The molecule has 0 bridgehead atoms. The zero-order chi connectivity index (χ0) is 10.7. The molecule has 2 aromatic heterocycles. The van der Waals surface area contributed by atoms with Crippen molar-refractivity contribution in [3.05, 3.63) is 22.2 Å². The predicted molar refractivity (Wildman–Crippen MR) is 58.4 cm³/mol. The minimum Gasteiger partial charge on any atom is -0.361 e. The van der Waals surface area contributed by atoms with E-state index in [9.17, 15) is 0 Å². The largest absolute Gasteiger partial charge is 0.361 e. The Morgan fingerprint density at radius 3 is 3.00 bits per heavy atom. The van der Waals surface area contributed by atoms with E-state index in [2.05, 4.69) is 20.4 Å². The lowest BCUT2D eigenvalue weighted by Gasteiger charge is -1.97. The normalized spacial score (nSPS) is 10.5. The van der Waals surface area contributed by atoms with Crippen LogP contribution in [0.15, 0.2) is 9.90 Å². The quantitative estimate of drug-likeness (QED) is 0.893. The first-order valence-electron chi connectivity index (χ1n) is 4.38. The molecule has 0 saturated carbocycles. The summed E-state index contributed by atoms with van der Waals surface area (Å²) in [4.78, 5) is 8.14. The molecule has 80 valence electrons. The Labute approximate surface area is 95.5 Å². The Balaban J connectivity index is 1.80. The van der Waals surface area contributed by atoms with Crippen molar-refractivity contribution in [3.8, 4) is 0 Å². The van der Waals surface area contributed by atoms with Gasteiger partial charge in [-0.2, -0.15) is 4.98 Å². The molecule has 0 aliphatic rings. The van der Waals surface area contributed by atoms with Crippen molar-refractivity contribution in [1.82, 2.24) is 15.1 Å². The summed E-state index contributed by atoms with van der Waals surface area (Å²) >= 11 is 7.15. The fourth-order valence-corrected chi connectivity index (χ4v) is 1.93.